The van der Waals surface area contributed by atoms with Gasteiger partial charge in [0.25, 0.3) is 0 Å². The topological polar surface area (TPSA) is 63.4 Å². The van der Waals surface area contributed by atoms with Crippen LogP contribution in [0.5, 0.6) is 0 Å². The molecule has 0 radical (unpaired) electrons. The van der Waals surface area contributed by atoms with Crippen LogP contribution < -0.4 is 5.73 Å². The molecule has 2 saturated carbocycles. The molecule has 0 atom stereocenters. The van der Waals surface area contributed by atoms with Crippen LogP contribution in [-0.4, -0.2) is 36.6 Å². The van der Waals surface area contributed by atoms with Gasteiger partial charge in [-0.3, -0.25) is 0 Å². The number of nitrogens with two attached hydrogens (primary N) is 1. The summed E-state index contributed by atoms with van der Waals surface area (Å²) in [5.41, 5.74) is 5.33. The van der Waals surface area contributed by atoms with Crippen molar-refractivity contribution in [2.24, 2.45) is 17.6 Å². The fourth-order valence-corrected chi connectivity index (χ4v) is 3.61. The van der Waals surface area contributed by atoms with Crippen molar-refractivity contribution in [2.75, 3.05) is 18.8 Å². The van der Waals surface area contributed by atoms with Crippen LogP contribution in [0.15, 0.2) is 0 Å². The minimum absolute atomic E-state index is 0.0663. The quantitative estimate of drug-likeness (QED) is 0.687. The first kappa shape index (κ1) is 12.3. The third kappa shape index (κ3) is 3.68. The lowest BCUT2D eigenvalue weighted by Crippen LogP contribution is -2.39. The number of nitrogens with zero attached hydrogens (tertiary/aromatic N) is 1. The molecule has 0 amide bonds. The second-order valence-corrected chi connectivity index (χ2v) is 7.42. The number of hydrogen-bond acceptors (Lipinski definition) is 3. The minimum Gasteiger partial charge on any atom is -0.392 e. The van der Waals surface area contributed by atoms with Gasteiger partial charge in [0.2, 0.25) is 10.0 Å². The molecule has 0 aromatic rings. The Kier molecular flexibility index (Phi) is 3.51. The Bertz CT molecular complexity index is 358. The Morgan fingerprint density at radius 3 is 1.94 bits per heavy atom. The fraction of sp³-hybridized carbons (Fsp3) is 0.900. The van der Waals surface area contributed by atoms with E-state index in [0.29, 0.717) is 24.9 Å². The standard InChI is InChI=1S/C10H18N2O2S2/c11-10(15)7-16(13,14)12(5-8-1-2-8)6-9-3-4-9/h8-9H,1-7H2,(H2,11,15). The molecular formula is C10H18N2O2S2. The highest BCUT2D eigenvalue weighted by Crippen LogP contribution is 2.34. The van der Waals surface area contributed by atoms with Gasteiger partial charge in [-0.1, -0.05) is 12.2 Å². The molecule has 0 saturated heterocycles. The molecule has 0 bridgehead atoms. The average Bonchev–Trinajstić information content (AvgIpc) is 2.93. The highest BCUT2D eigenvalue weighted by atomic mass is 32.2. The first-order valence-electron chi connectivity index (χ1n) is 5.73. The van der Waals surface area contributed by atoms with E-state index in [4.69, 9.17) is 18.0 Å². The summed E-state index contributed by atoms with van der Waals surface area (Å²) in [5.74, 6) is 0.960. The summed E-state index contributed by atoms with van der Waals surface area (Å²) in [7, 11) is -3.26. The first-order chi connectivity index (χ1) is 7.47. The van der Waals surface area contributed by atoms with Crippen LogP contribution in [-0.2, 0) is 10.0 Å². The Morgan fingerprint density at radius 2 is 1.62 bits per heavy atom. The van der Waals surface area contributed by atoms with Crippen molar-refractivity contribution in [2.45, 2.75) is 25.7 Å². The maximum absolute atomic E-state index is 12.0. The van der Waals surface area contributed by atoms with E-state index in [1.807, 2.05) is 0 Å². The van der Waals surface area contributed by atoms with Crippen LogP contribution in [0.3, 0.4) is 0 Å². The maximum atomic E-state index is 12.0. The molecule has 2 fully saturated rings. The van der Waals surface area contributed by atoms with Gasteiger partial charge in [0.1, 0.15) is 5.75 Å². The summed E-state index contributed by atoms with van der Waals surface area (Å²) in [6.45, 7) is 1.34. The normalized spacial score (nSPS) is 21.3. The molecule has 6 heteroatoms. The summed E-state index contributed by atoms with van der Waals surface area (Å²) in [4.78, 5) is 0.0663. The van der Waals surface area contributed by atoms with Crippen molar-refractivity contribution in [1.29, 1.82) is 0 Å². The lowest BCUT2D eigenvalue weighted by Gasteiger charge is -2.21. The maximum Gasteiger partial charge on any atom is 0.220 e. The van der Waals surface area contributed by atoms with Gasteiger partial charge in [0.15, 0.2) is 0 Å². The van der Waals surface area contributed by atoms with E-state index in [-0.39, 0.29) is 10.7 Å². The third-order valence-corrected chi connectivity index (χ3v) is 5.12. The van der Waals surface area contributed by atoms with E-state index in [2.05, 4.69) is 0 Å². The number of rotatable bonds is 7. The minimum atomic E-state index is -3.26. The van der Waals surface area contributed by atoms with Gasteiger partial charge in [-0.15, -0.1) is 0 Å². The van der Waals surface area contributed by atoms with Gasteiger partial charge >= 0.3 is 0 Å². The molecule has 92 valence electrons. The first-order valence-corrected chi connectivity index (χ1v) is 7.75. The Morgan fingerprint density at radius 1 is 1.19 bits per heavy atom. The van der Waals surface area contributed by atoms with Crippen molar-refractivity contribution in [1.82, 2.24) is 4.31 Å². The van der Waals surface area contributed by atoms with Crippen molar-refractivity contribution >= 4 is 27.2 Å². The number of hydrogen-bond donors (Lipinski definition) is 1. The Balaban J connectivity index is 1.99. The molecule has 0 aromatic heterocycles. The molecule has 2 aliphatic carbocycles. The second-order valence-electron chi connectivity index (χ2n) is 4.93. The van der Waals surface area contributed by atoms with Crippen molar-refractivity contribution in [3.63, 3.8) is 0 Å². The van der Waals surface area contributed by atoms with Gasteiger partial charge in [0.05, 0.1) is 4.99 Å². The molecule has 2 aliphatic rings. The molecule has 0 heterocycles. The van der Waals surface area contributed by atoms with Gasteiger partial charge in [0, 0.05) is 13.1 Å². The van der Waals surface area contributed by atoms with E-state index >= 15 is 0 Å². The second kappa shape index (κ2) is 4.58. The molecule has 2 rings (SSSR count). The van der Waals surface area contributed by atoms with E-state index in [1.54, 1.807) is 4.31 Å². The van der Waals surface area contributed by atoms with Gasteiger partial charge in [-0.05, 0) is 37.5 Å². The zero-order chi connectivity index (χ0) is 11.8. The molecule has 0 unspecified atom stereocenters. The van der Waals surface area contributed by atoms with Crippen LogP contribution in [0.2, 0.25) is 0 Å². The molecule has 0 spiro atoms. The SMILES string of the molecule is NC(=S)CS(=O)(=O)N(CC1CC1)CC1CC1. The molecule has 0 aromatic carbocycles. The van der Waals surface area contributed by atoms with Crippen LogP contribution >= 0.6 is 12.2 Å². The van der Waals surface area contributed by atoms with Crippen LogP contribution in [0.4, 0.5) is 0 Å². The molecular weight excluding hydrogens is 244 g/mol. The van der Waals surface area contributed by atoms with Gasteiger partial charge in [-0.2, -0.15) is 0 Å². The van der Waals surface area contributed by atoms with E-state index in [0.717, 1.165) is 25.7 Å². The summed E-state index contributed by atoms with van der Waals surface area (Å²) >= 11 is 4.69. The van der Waals surface area contributed by atoms with Gasteiger partial charge < -0.3 is 5.73 Å². The van der Waals surface area contributed by atoms with Crippen molar-refractivity contribution in [3.8, 4) is 0 Å². The lowest BCUT2D eigenvalue weighted by molar-refractivity contribution is 0.384. The molecule has 4 nitrogen and oxygen atoms in total. The van der Waals surface area contributed by atoms with E-state index in [9.17, 15) is 8.42 Å². The lowest BCUT2D eigenvalue weighted by atomic mass is 10.4. The molecule has 0 aliphatic heterocycles. The van der Waals surface area contributed by atoms with E-state index < -0.39 is 10.0 Å². The Hall–Kier alpha value is -0.200. The Labute approximate surface area is 102 Å². The predicted molar refractivity (Wildman–Crippen MR) is 67.6 cm³/mol. The van der Waals surface area contributed by atoms with Crippen LogP contribution in [0.25, 0.3) is 0 Å². The number of thiocarbonyl (C=S) groups is 1. The summed E-state index contributed by atoms with van der Waals surface area (Å²) in [6, 6.07) is 0. The predicted octanol–water partition coefficient (Wildman–Crippen LogP) is 0.724. The van der Waals surface area contributed by atoms with Gasteiger partial charge in [-0.25, -0.2) is 12.7 Å². The smallest absolute Gasteiger partial charge is 0.220 e. The summed E-state index contributed by atoms with van der Waals surface area (Å²) in [5, 5.41) is 0. The van der Waals surface area contributed by atoms with Crippen LogP contribution in [0, 0.1) is 11.8 Å². The van der Waals surface area contributed by atoms with Crippen molar-refractivity contribution in [3.05, 3.63) is 0 Å². The zero-order valence-corrected chi connectivity index (χ0v) is 10.9. The average molecular weight is 262 g/mol. The monoisotopic (exact) mass is 262 g/mol. The molecule has 16 heavy (non-hydrogen) atoms. The summed E-state index contributed by atoms with van der Waals surface area (Å²) < 4.78 is 25.7. The zero-order valence-electron chi connectivity index (χ0n) is 9.26. The van der Waals surface area contributed by atoms with Crippen LogP contribution in [0.1, 0.15) is 25.7 Å². The largest absolute Gasteiger partial charge is 0.392 e. The van der Waals surface area contributed by atoms with E-state index in [1.165, 1.54) is 0 Å². The number of sulfonamides is 1. The summed E-state index contributed by atoms with van der Waals surface area (Å²) in [6.07, 6.45) is 4.63. The molecule has 2 N–H and O–H groups in total. The third-order valence-electron chi connectivity index (χ3n) is 3.04. The highest BCUT2D eigenvalue weighted by molar-refractivity contribution is 7.92. The fourth-order valence-electron chi connectivity index (χ4n) is 1.75. The van der Waals surface area contributed by atoms with Crippen molar-refractivity contribution < 1.29 is 8.42 Å². The highest BCUT2D eigenvalue weighted by Gasteiger charge is 2.34.